The standard InChI is InChI=1S/C10H10F2N4O2S/c11-10(12)19(17,18)8-4-2-1-3-7(8)13-5-9-14-6-15-16-9/h1-4,6,10,13H,5H2,(H,14,15,16). The summed E-state index contributed by atoms with van der Waals surface area (Å²) in [6.45, 7) is 0.149. The highest BCUT2D eigenvalue weighted by Gasteiger charge is 2.28. The molecule has 0 aliphatic rings. The highest BCUT2D eigenvalue weighted by molar-refractivity contribution is 7.91. The van der Waals surface area contributed by atoms with Crippen molar-refractivity contribution in [2.45, 2.75) is 17.2 Å². The highest BCUT2D eigenvalue weighted by Crippen LogP contribution is 2.26. The summed E-state index contributed by atoms with van der Waals surface area (Å²) in [5.74, 6) is -3.00. The lowest BCUT2D eigenvalue weighted by atomic mass is 10.3. The van der Waals surface area contributed by atoms with Crippen LogP contribution in [-0.4, -0.2) is 29.4 Å². The number of anilines is 1. The van der Waals surface area contributed by atoms with Crippen molar-refractivity contribution in [3.63, 3.8) is 0 Å². The third kappa shape index (κ3) is 2.87. The Balaban J connectivity index is 2.27. The van der Waals surface area contributed by atoms with Crippen LogP contribution in [0.15, 0.2) is 35.5 Å². The van der Waals surface area contributed by atoms with E-state index in [2.05, 4.69) is 20.5 Å². The molecule has 1 aromatic carbocycles. The summed E-state index contributed by atoms with van der Waals surface area (Å²) in [6.07, 6.45) is 1.29. The number of benzene rings is 1. The van der Waals surface area contributed by atoms with Crippen LogP contribution in [0, 0.1) is 0 Å². The Hall–Kier alpha value is -2.03. The predicted octanol–water partition coefficient (Wildman–Crippen LogP) is 1.41. The zero-order valence-corrected chi connectivity index (χ0v) is 10.4. The Kier molecular flexibility index (Phi) is 3.74. The minimum atomic E-state index is -4.64. The lowest BCUT2D eigenvalue weighted by Gasteiger charge is -2.10. The number of sulfone groups is 1. The second-order valence-electron chi connectivity index (χ2n) is 3.59. The number of hydrogen-bond donors (Lipinski definition) is 2. The monoisotopic (exact) mass is 288 g/mol. The van der Waals surface area contributed by atoms with Crippen LogP contribution in [-0.2, 0) is 16.4 Å². The summed E-state index contributed by atoms with van der Waals surface area (Å²) in [5.41, 5.74) is 0.0965. The number of H-pyrrole nitrogens is 1. The zero-order valence-electron chi connectivity index (χ0n) is 9.55. The van der Waals surface area contributed by atoms with Crippen LogP contribution in [0.25, 0.3) is 0 Å². The van der Waals surface area contributed by atoms with Gasteiger partial charge in [-0.1, -0.05) is 12.1 Å². The maximum absolute atomic E-state index is 12.5. The quantitative estimate of drug-likeness (QED) is 0.868. The van der Waals surface area contributed by atoms with Gasteiger partial charge in [0, 0.05) is 0 Å². The second kappa shape index (κ2) is 5.31. The fourth-order valence-corrected chi connectivity index (χ4v) is 2.36. The molecule has 19 heavy (non-hydrogen) atoms. The predicted molar refractivity (Wildman–Crippen MR) is 63.3 cm³/mol. The maximum atomic E-state index is 12.5. The maximum Gasteiger partial charge on any atom is 0.341 e. The van der Waals surface area contributed by atoms with Gasteiger partial charge >= 0.3 is 5.76 Å². The lowest BCUT2D eigenvalue weighted by Crippen LogP contribution is -2.14. The first kappa shape index (κ1) is 13.4. The van der Waals surface area contributed by atoms with Gasteiger partial charge in [-0.15, -0.1) is 0 Å². The van der Waals surface area contributed by atoms with Gasteiger partial charge in [-0.3, -0.25) is 5.10 Å². The van der Waals surface area contributed by atoms with Crippen molar-refractivity contribution in [1.29, 1.82) is 0 Å². The van der Waals surface area contributed by atoms with E-state index in [1.807, 2.05) is 0 Å². The average Bonchev–Trinajstić information content (AvgIpc) is 2.89. The van der Waals surface area contributed by atoms with Gasteiger partial charge in [-0.2, -0.15) is 13.9 Å². The molecule has 0 amide bonds. The van der Waals surface area contributed by atoms with Gasteiger partial charge < -0.3 is 5.32 Å². The van der Waals surface area contributed by atoms with E-state index in [0.29, 0.717) is 5.82 Å². The number of aromatic amines is 1. The van der Waals surface area contributed by atoms with Crippen LogP contribution in [0.2, 0.25) is 0 Å². The van der Waals surface area contributed by atoms with Crippen LogP contribution in [0.4, 0.5) is 14.5 Å². The van der Waals surface area contributed by atoms with Crippen LogP contribution in [0.1, 0.15) is 5.82 Å². The first-order valence-electron chi connectivity index (χ1n) is 5.21. The molecule has 1 aromatic heterocycles. The lowest BCUT2D eigenvalue weighted by molar-refractivity contribution is 0.235. The summed E-state index contributed by atoms with van der Waals surface area (Å²) >= 11 is 0. The molecule has 1 heterocycles. The number of nitrogens with one attached hydrogen (secondary N) is 2. The fraction of sp³-hybridized carbons (Fsp3) is 0.200. The van der Waals surface area contributed by atoms with Gasteiger partial charge in [0.25, 0.3) is 0 Å². The molecule has 0 bridgehead atoms. The molecule has 0 radical (unpaired) electrons. The Bertz CT molecular complexity index is 643. The van der Waals surface area contributed by atoms with E-state index in [1.165, 1.54) is 18.5 Å². The number of hydrogen-bond acceptors (Lipinski definition) is 5. The number of alkyl halides is 2. The Morgan fingerprint density at radius 3 is 2.68 bits per heavy atom. The Morgan fingerprint density at radius 2 is 2.05 bits per heavy atom. The van der Waals surface area contributed by atoms with E-state index < -0.39 is 20.5 Å². The van der Waals surface area contributed by atoms with Gasteiger partial charge in [0.1, 0.15) is 12.2 Å². The third-order valence-corrected chi connectivity index (χ3v) is 3.78. The summed E-state index contributed by atoms with van der Waals surface area (Å²) in [7, 11) is -4.64. The van der Waals surface area contributed by atoms with Gasteiger partial charge in [-0.05, 0) is 12.1 Å². The van der Waals surface area contributed by atoms with E-state index >= 15 is 0 Å². The molecule has 0 fully saturated rings. The van der Waals surface area contributed by atoms with Crippen molar-refractivity contribution in [2.24, 2.45) is 0 Å². The summed E-state index contributed by atoms with van der Waals surface area (Å²) < 4.78 is 48.1. The van der Waals surface area contributed by atoms with Gasteiger partial charge in [-0.25, -0.2) is 13.4 Å². The van der Waals surface area contributed by atoms with Crippen molar-refractivity contribution in [3.05, 3.63) is 36.4 Å². The van der Waals surface area contributed by atoms with Crippen molar-refractivity contribution in [2.75, 3.05) is 5.32 Å². The largest absolute Gasteiger partial charge is 0.377 e. The summed E-state index contributed by atoms with van der Waals surface area (Å²) in [6, 6.07) is 5.47. The topological polar surface area (TPSA) is 87.7 Å². The van der Waals surface area contributed by atoms with Gasteiger partial charge in [0.2, 0.25) is 9.84 Å². The van der Waals surface area contributed by atoms with Crippen LogP contribution < -0.4 is 5.32 Å². The van der Waals surface area contributed by atoms with E-state index in [1.54, 1.807) is 6.07 Å². The van der Waals surface area contributed by atoms with Crippen molar-refractivity contribution >= 4 is 15.5 Å². The summed E-state index contributed by atoms with van der Waals surface area (Å²) in [5, 5.41) is 8.92. The fourth-order valence-electron chi connectivity index (χ4n) is 1.45. The average molecular weight is 288 g/mol. The minimum Gasteiger partial charge on any atom is -0.377 e. The van der Waals surface area contributed by atoms with E-state index in [0.717, 1.165) is 6.07 Å². The molecule has 102 valence electrons. The number of nitrogens with zero attached hydrogens (tertiary/aromatic N) is 2. The minimum absolute atomic E-state index is 0.0965. The van der Waals surface area contributed by atoms with Gasteiger partial charge in [0.05, 0.1) is 17.1 Å². The number of aromatic nitrogens is 3. The number of rotatable bonds is 5. The normalized spacial score (nSPS) is 11.7. The third-order valence-electron chi connectivity index (χ3n) is 2.34. The van der Waals surface area contributed by atoms with Crippen LogP contribution in [0.3, 0.4) is 0 Å². The van der Waals surface area contributed by atoms with Gasteiger partial charge in [0.15, 0.2) is 0 Å². The second-order valence-corrected chi connectivity index (χ2v) is 5.47. The van der Waals surface area contributed by atoms with Crippen LogP contribution in [0.5, 0.6) is 0 Å². The SMILES string of the molecule is O=S(=O)(c1ccccc1NCc1ncn[nH]1)C(F)F. The smallest absolute Gasteiger partial charge is 0.341 e. The zero-order chi connectivity index (χ0) is 13.9. The molecule has 0 aliphatic carbocycles. The van der Waals surface area contributed by atoms with E-state index in [-0.39, 0.29) is 12.2 Å². The molecule has 6 nitrogen and oxygen atoms in total. The van der Waals surface area contributed by atoms with Crippen molar-refractivity contribution in [1.82, 2.24) is 15.2 Å². The molecule has 2 aromatic rings. The molecular weight excluding hydrogens is 278 g/mol. The molecular formula is C10H10F2N4O2S. The molecule has 0 saturated carbocycles. The molecule has 0 saturated heterocycles. The Morgan fingerprint density at radius 1 is 1.32 bits per heavy atom. The number of para-hydroxylation sites is 1. The highest BCUT2D eigenvalue weighted by atomic mass is 32.2. The first-order valence-corrected chi connectivity index (χ1v) is 6.75. The molecule has 0 aliphatic heterocycles. The van der Waals surface area contributed by atoms with E-state index in [9.17, 15) is 17.2 Å². The molecule has 0 unspecified atom stereocenters. The van der Waals surface area contributed by atoms with E-state index in [4.69, 9.17) is 0 Å². The van der Waals surface area contributed by atoms with Crippen LogP contribution >= 0.6 is 0 Å². The first-order chi connectivity index (χ1) is 9.01. The molecule has 0 spiro atoms. The summed E-state index contributed by atoms with van der Waals surface area (Å²) in [4.78, 5) is 3.39. The molecule has 2 N–H and O–H groups in total. The molecule has 2 rings (SSSR count). The molecule has 0 atom stereocenters. The Labute approximate surface area is 107 Å². The van der Waals surface area contributed by atoms with Crippen molar-refractivity contribution < 1.29 is 17.2 Å². The molecule has 9 heteroatoms. The van der Waals surface area contributed by atoms with Crippen molar-refractivity contribution in [3.8, 4) is 0 Å². The number of halogens is 2.